The molecule has 14 heavy (non-hydrogen) atoms. The van der Waals surface area contributed by atoms with Crippen molar-refractivity contribution in [3.05, 3.63) is 23.4 Å². The number of rotatable bonds is 2. The van der Waals surface area contributed by atoms with Gasteiger partial charge in [-0.25, -0.2) is 0 Å². The van der Waals surface area contributed by atoms with Crippen LogP contribution in [0.4, 0.5) is 0 Å². The Morgan fingerprint density at radius 2 is 2.21 bits per heavy atom. The average molecular weight is 193 g/mol. The molecule has 0 bridgehead atoms. The Balaban J connectivity index is 2.43. The zero-order chi connectivity index (χ0) is 10.1. The topological polar surface area (TPSA) is 78.1 Å². The first kappa shape index (κ1) is 8.96. The van der Waals surface area contributed by atoms with Crippen LogP contribution < -0.4 is 5.73 Å². The van der Waals surface area contributed by atoms with Crippen LogP contribution in [-0.4, -0.2) is 10.1 Å². The summed E-state index contributed by atoms with van der Waals surface area (Å²) in [6.45, 7) is 4.00. The van der Waals surface area contributed by atoms with E-state index in [0.717, 1.165) is 17.1 Å². The van der Waals surface area contributed by atoms with Gasteiger partial charge >= 0.3 is 0 Å². The van der Waals surface area contributed by atoms with E-state index < -0.39 is 0 Å². The molecule has 2 aromatic heterocycles. The molecule has 0 fully saturated rings. The molecule has 0 unspecified atom stereocenters. The van der Waals surface area contributed by atoms with E-state index in [1.165, 1.54) is 0 Å². The van der Waals surface area contributed by atoms with Crippen LogP contribution in [0, 0.1) is 13.8 Å². The van der Waals surface area contributed by atoms with Gasteiger partial charge in [0.15, 0.2) is 5.82 Å². The molecule has 0 aliphatic carbocycles. The van der Waals surface area contributed by atoms with Gasteiger partial charge in [-0.05, 0) is 19.9 Å². The largest absolute Gasteiger partial charge is 0.466 e. The molecule has 74 valence electrons. The van der Waals surface area contributed by atoms with Crippen LogP contribution in [0.5, 0.6) is 0 Å². The molecule has 2 N–H and O–H groups in total. The molecule has 0 aromatic carbocycles. The van der Waals surface area contributed by atoms with Crippen molar-refractivity contribution in [3.8, 4) is 11.5 Å². The summed E-state index contributed by atoms with van der Waals surface area (Å²) >= 11 is 0. The summed E-state index contributed by atoms with van der Waals surface area (Å²) in [5.41, 5.74) is 6.20. The van der Waals surface area contributed by atoms with Crippen LogP contribution in [0.15, 0.2) is 15.0 Å². The number of aryl methyl sites for hydroxylation is 2. The molecular formula is C9H11N3O2. The van der Waals surface area contributed by atoms with Gasteiger partial charge in [0, 0.05) is 0 Å². The van der Waals surface area contributed by atoms with E-state index in [-0.39, 0.29) is 6.54 Å². The van der Waals surface area contributed by atoms with Gasteiger partial charge in [-0.3, -0.25) is 0 Å². The quantitative estimate of drug-likeness (QED) is 0.780. The van der Waals surface area contributed by atoms with Crippen LogP contribution >= 0.6 is 0 Å². The summed E-state index contributed by atoms with van der Waals surface area (Å²) in [7, 11) is 0. The maximum atomic E-state index is 5.38. The molecule has 0 radical (unpaired) electrons. The molecule has 0 atom stereocenters. The Bertz CT molecular complexity index is 445. The molecule has 5 heteroatoms. The van der Waals surface area contributed by atoms with Crippen molar-refractivity contribution >= 4 is 0 Å². The van der Waals surface area contributed by atoms with Crippen molar-refractivity contribution in [2.24, 2.45) is 5.73 Å². The van der Waals surface area contributed by atoms with Crippen molar-refractivity contribution in [1.29, 1.82) is 0 Å². The molecule has 0 saturated heterocycles. The molecule has 5 nitrogen and oxygen atoms in total. The number of aromatic nitrogens is 2. The lowest BCUT2D eigenvalue weighted by molar-refractivity contribution is 0.421. The fourth-order valence-electron chi connectivity index (χ4n) is 1.29. The summed E-state index contributed by atoms with van der Waals surface area (Å²) in [6.07, 6.45) is 0. The van der Waals surface area contributed by atoms with Crippen molar-refractivity contribution in [2.45, 2.75) is 20.4 Å². The Morgan fingerprint density at radius 1 is 1.43 bits per heavy atom. The zero-order valence-electron chi connectivity index (χ0n) is 8.07. The molecule has 0 aliphatic rings. The minimum Gasteiger partial charge on any atom is -0.466 e. The smallest absolute Gasteiger partial charge is 0.261 e. The van der Waals surface area contributed by atoms with Crippen LogP contribution in [0.25, 0.3) is 11.5 Å². The van der Waals surface area contributed by atoms with Crippen LogP contribution in [0.2, 0.25) is 0 Å². The highest BCUT2D eigenvalue weighted by atomic mass is 16.5. The standard InChI is InChI=1S/C9H11N3O2/c1-5-3-7(6(2)13-5)9-11-8(4-10)12-14-9/h3H,4,10H2,1-2H3. The van der Waals surface area contributed by atoms with E-state index >= 15 is 0 Å². The van der Waals surface area contributed by atoms with Crippen molar-refractivity contribution in [2.75, 3.05) is 0 Å². The van der Waals surface area contributed by atoms with Gasteiger partial charge in [-0.1, -0.05) is 5.16 Å². The van der Waals surface area contributed by atoms with Gasteiger partial charge in [0.05, 0.1) is 12.1 Å². The van der Waals surface area contributed by atoms with Gasteiger partial charge in [-0.2, -0.15) is 4.98 Å². The minimum absolute atomic E-state index is 0.277. The second-order valence-corrected chi connectivity index (χ2v) is 3.05. The van der Waals surface area contributed by atoms with Crippen molar-refractivity contribution < 1.29 is 8.94 Å². The highest BCUT2D eigenvalue weighted by molar-refractivity contribution is 5.55. The maximum absolute atomic E-state index is 5.38. The summed E-state index contributed by atoms with van der Waals surface area (Å²) in [5.74, 6) is 2.55. The van der Waals surface area contributed by atoms with E-state index in [0.29, 0.717) is 11.7 Å². The number of nitrogens with zero attached hydrogens (tertiary/aromatic N) is 2. The number of hydrogen-bond donors (Lipinski definition) is 1. The molecule has 2 aromatic rings. The fourth-order valence-corrected chi connectivity index (χ4v) is 1.29. The van der Waals surface area contributed by atoms with Crippen LogP contribution in [0.1, 0.15) is 17.3 Å². The second-order valence-electron chi connectivity index (χ2n) is 3.05. The summed E-state index contributed by atoms with van der Waals surface area (Å²) in [6, 6.07) is 1.86. The summed E-state index contributed by atoms with van der Waals surface area (Å²) in [4.78, 5) is 4.11. The number of furan rings is 1. The maximum Gasteiger partial charge on any atom is 0.261 e. The van der Waals surface area contributed by atoms with Gasteiger partial charge in [0.1, 0.15) is 11.5 Å². The number of nitrogens with two attached hydrogens (primary N) is 1. The third-order valence-corrected chi connectivity index (χ3v) is 1.92. The lowest BCUT2D eigenvalue weighted by atomic mass is 10.2. The SMILES string of the molecule is Cc1cc(-c2nc(CN)no2)c(C)o1. The van der Waals surface area contributed by atoms with Crippen molar-refractivity contribution in [1.82, 2.24) is 10.1 Å². The molecule has 2 heterocycles. The van der Waals surface area contributed by atoms with Gasteiger partial charge in [0.25, 0.3) is 5.89 Å². The molecule has 0 saturated carbocycles. The first-order valence-electron chi connectivity index (χ1n) is 4.30. The Morgan fingerprint density at radius 3 is 2.71 bits per heavy atom. The normalized spacial score (nSPS) is 10.8. The minimum atomic E-state index is 0.277. The Hall–Kier alpha value is -1.62. The third kappa shape index (κ3) is 1.42. The molecule has 0 aliphatic heterocycles. The summed E-state index contributed by atoms with van der Waals surface area (Å²) in [5, 5.41) is 3.71. The van der Waals surface area contributed by atoms with E-state index in [1.54, 1.807) is 0 Å². The zero-order valence-corrected chi connectivity index (χ0v) is 8.07. The summed E-state index contributed by atoms with van der Waals surface area (Å²) < 4.78 is 10.4. The van der Waals surface area contributed by atoms with Crippen LogP contribution in [0.3, 0.4) is 0 Å². The van der Waals surface area contributed by atoms with Crippen molar-refractivity contribution in [3.63, 3.8) is 0 Å². The lowest BCUT2D eigenvalue weighted by Gasteiger charge is -1.87. The van der Waals surface area contributed by atoms with Gasteiger partial charge < -0.3 is 14.7 Å². The average Bonchev–Trinajstić information content (AvgIpc) is 2.71. The van der Waals surface area contributed by atoms with E-state index in [4.69, 9.17) is 14.7 Å². The third-order valence-electron chi connectivity index (χ3n) is 1.92. The highest BCUT2D eigenvalue weighted by Crippen LogP contribution is 2.24. The van der Waals surface area contributed by atoms with E-state index in [1.807, 2.05) is 19.9 Å². The molecule has 0 amide bonds. The first-order valence-corrected chi connectivity index (χ1v) is 4.30. The predicted molar refractivity (Wildman–Crippen MR) is 49.4 cm³/mol. The fraction of sp³-hybridized carbons (Fsp3) is 0.333. The van der Waals surface area contributed by atoms with Crippen LogP contribution in [-0.2, 0) is 6.54 Å². The van der Waals surface area contributed by atoms with Gasteiger partial charge in [-0.15, -0.1) is 0 Å². The predicted octanol–water partition coefficient (Wildman–Crippen LogP) is 1.41. The Labute approximate surface area is 80.9 Å². The lowest BCUT2D eigenvalue weighted by Crippen LogP contribution is -1.97. The second kappa shape index (κ2) is 3.26. The number of hydrogen-bond acceptors (Lipinski definition) is 5. The van der Waals surface area contributed by atoms with Gasteiger partial charge in [0.2, 0.25) is 0 Å². The molecule has 0 spiro atoms. The van der Waals surface area contributed by atoms with E-state index in [9.17, 15) is 0 Å². The highest BCUT2D eigenvalue weighted by Gasteiger charge is 2.13. The first-order chi connectivity index (χ1) is 6.70. The van der Waals surface area contributed by atoms with E-state index in [2.05, 4.69) is 10.1 Å². The molecule has 2 rings (SSSR count). The Kier molecular flexibility index (Phi) is 2.09. The monoisotopic (exact) mass is 193 g/mol. The molecular weight excluding hydrogens is 182 g/mol.